The maximum absolute atomic E-state index is 12.9. The zero-order valence-electron chi connectivity index (χ0n) is 18.5. The highest BCUT2D eigenvalue weighted by Gasteiger charge is 2.31. The van der Waals surface area contributed by atoms with E-state index in [4.69, 9.17) is 4.74 Å². The Labute approximate surface area is 181 Å². The molecule has 4 fully saturated rings. The minimum atomic E-state index is 0.0961. The SMILES string of the molecule is O=C(NC1CCN(C(=O)C2CCCCC2)CC1)N1CCCC(CN2CCOCC2)C1. The van der Waals surface area contributed by atoms with Gasteiger partial charge in [-0.2, -0.15) is 0 Å². The Morgan fingerprint density at radius 2 is 1.53 bits per heavy atom. The highest BCUT2D eigenvalue weighted by atomic mass is 16.5. The minimum absolute atomic E-state index is 0.0961. The summed E-state index contributed by atoms with van der Waals surface area (Å²) in [6, 6.07) is 0.297. The standard InChI is InChI=1S/C23H40N4O3/c28-22(20-6-2-1-3-7-20)26-11-8-21(9-12-26)24-23(29)27-10-4-5-19(18-27)17-25-13-15-30-16-14-25/h19-21H,1-18H2,(H,24,29). The molecule has 30 heavy (non-hydrogen) atoms. The van der Waals surface area contributed by atoms with Crippen molar-refractivity contribution in [3.05, 3.63) is 0 Å². The number of likely N-dealkylation sites (tertiary alicyclic amines) is 2. The van der Waals surface area contributed by atoms with Crippen molar-refractivity contribution in [1.82, 2.24) is 20.0 Å². The van der Waals surface area contributed by atoms with Gasteiger partial charge in [0.2, 0.25) is 5.91 Å². The van der Waals surface area contributed by atoms with E-state index in [1.165, 1.54) is 25.7 Å². The van der Waals surface area contributed by atoms with Gasteiger partial charge in [0.15, 0.2) is 0 Å². The number of morpholine rings is 1. The highest BCUT2D eigenvalue weighted by Crippen LogP contribution is 2.27. The molecule has 0 bridgehead atoms. The van der Waals surface area contributed by atoms with Crippen molar-refractivity contribution in [1.29, 1.82) is 0 Å². The summed E-state index contributed by atoms with van der Waals surface area (Å²) in [5.41, 5.74) is 0. The van der Waals surface area contributed by atoms with Gasteiger partial charge < -0.3 is 19.9 Å². The summed E-state index contributed by atoms with van der Waals surface area (Å²) in [5, 5.41) is 3.27. The lowest BCUT2D eigenvalue weighted by Gasteiger charge is -2.39. The fourth-order valence-electron chi connectivity index (χ4n) is 5.67. The lowest BCUT2D eigenvalue weighted by Crippen LogP contribution is -2.53. The molecule has 7 heteroatoms. The van der Waals surface area contributed by atoms with Gasteiger partial charge in [0.05, 0.1) is 13.2 Å². The van der Waals surface area contributed by atoms with Crippen LogP contribution in [0.4, 0.5) is 4.79 Å². The summed E-state index contributed by atoms with van der Waals surface area (Å²) in [6.07, 6.45) is 9.88. The lowest BCUT2D eigenvalue weighted by molar-refractivity contribution is -0.137. The molecule has 7 nitrogen and oxygen atoms in total. The third kappa shape index (κ3) is 5.88. The van der Waals surface area contributed by atoms with E-state index in [2.05, 4.69) is 15.1 Å². The van der Waals surface area contributed by atoms with Gasteiger partial charge in [0.1, 0.15) is 0 Å². The number of carbonyl (C=O) groups excluding carboxylic acids is 2. The van der Waals surface area contributed by atoms with E-state index in [0.29, 0.717) is 11.8 Å². The number of amides is 3. The monoisotopic (exact) mass is 420 g/mol. The molecule has 1 atom stereocenters. The molecule has 3 heterocycles. The maximum Gasteiger partial charge on any atom is 0.317 e. The molecule has 1 aliphatic carbocycles. The zero-order chi connectivity index (χ0) is 20.8. The van der Waals surface area contributed by atoms with Gasteiger partial charge in [-0.3, -0.25) is 9.69 Å². The number of urea groups is 1. The second kappa shape index (κ2) is 10.8. The summed E-state index contributed by atoms with van der Waals surface area (Å²) < 4.78 is 5.45. The van der Waals surface area contributed by atoms with Crippen LogP contribution in [-0.2, 0) is 9.53 Å². The molecule has 4 aliphatic rings. The Bertz CT molecular complexity index is 567. The second-order valence-corrected chi connectivity index (χ2v) is 9.75. The average Bonchev–Trinajstić information content (AvgIpc) is 2.80. The van der Waals surface area contributed by atoms with Crippen molar-refractivity contribution in [3.8, 4) is 0 Å². The molecular formula is C23H40N4O3. The van der Waals surface area contributed by atoms with Crippen LogP contribution in [0.5, 0.6) is 0 Å². The van der Waals surface area contributed by atoms with Crippen LogP contribution in [0.2, 0.25) is 0 Å². The molecule has 0 spiro atoms. The van der Waals surface area contributed by atoms with Gasteiger partial charge in [-0.05, 0) is 44.4 Å². The van der Waals surface area contributed by atoms with Gasteiger partial charge >= 0.3 is 6.03 Å². The molecule has 3 amide bonds. The van der Waals surface area contributed by atoms with Crippen LogP contribution in [0.15, 0.2) is 0 Å². The van der Waals surface area contributed by atoms with E-state index in [1.54, 1.807) is 0 Å². The van der Waals surface area contributed by atoms with Gasteiger partial charge in [0, 0.05) is 57.8 Å². The highest BCUT2D eigenvalue weighted by molar-refractivity contribution is 5.79. The first-order chi connectivity index (χ1) is 14.7. The third-order valence-corrected chi connectivity index (χ3v) is 7.51. The first-order valence-electron chi connectivity index (χ1n) is 12.3. The van der Waals surface area contributed by atoms with E-state index in [0.717, 1.165) is 91.1 Å². The van der Waals surface area contributed by atoms with Crippen LogP contribution in [0, 0.1) is 11.8 Å². The predicted octanol–water partition coefficient (Wildman–Crippen LogP) is 2.31. The number of rotatable bonds is 4. The van der Waals surface area contributed by atoms with Gasteiger partial charge in [-0.15, -0.1) is 0 Å². The van der Waals surface area contributed by atoms with Crippen LogP contribution in [0.3, 0.4) is 0 Å². The van der Waals surface area contributed by atoms with Gasteiger partial charge in [-0.25, -0.2) is 4.79 Å². The number of hydrogen-bond acceptors (Lipinski definition) is 4. The molecule has 4 rings (SSSR count). The molecular weight excluding hydrogens is 380 g/mol. The first-order valence-corrected chi connectivity index (χ1v) is 12.3. The van der Waals surface area contributed by atoms with Crippen molar-refractivity contribution in [2.45, 2.75) is 63.8 Å². The molecule has 3 saturated heterocycles. The largest absolute Gasteiger partial charge is 0.379 e. The quantitative estimate of drug-likeness (QED) is 0.758. The van der Waals surface area contributed by atoms with Crippen LogP contribution >= 0.6 is 0 Å². The summed E-state index contributed by atoms with van der Waals surface area (Å²) in [7, 11) is 0. The Hall–Kier alpha value is -1.34. The normalized spacial score (nSPS) is 27.8. The van der Waals surface area contributed by atoms with Crippen molar-refractivity contribution in [3.63, 3.8) is 0 Å². The third-order valence-electron chi connectivity index (χ3n) is 7.51. The summed E-state index contributed by atoms with van der Waals surface area (Å²) in [5.74, 6) is 1.18. The maximum atomic E-state index is 12.9. The average molecular weight is 421 g/mol. The molecule has 1 N–H and O–H groups in total. The van der Waals surface area contributed by atoms with Crippen LogP contribution < -0.4 is 5.32 Å². The van der Waals surface area contributed by atoms with E-state index >= 15 is 0 Å². The topological polar surface area (TPSA) is 65.1 Å². The predicted molar refractivity (Wildman–Crippen MR) is 116 cm³/mol. The Balaban J connectivity index is 1.18. The van der Waals surface area contributed by atoms with Crippen molar-refractivity contribution < 1.29 is 14.3 Å². The number of ether oxygens (including phenoxy) is 1. The number of carbonyl (C=O) groups is 2. The van der Waals surface area contributed by atoms with Crippen LogP contribution in [0.1, 0.15) is 57.8 Å². The van der Waals surface area contributed by atoms with Crippen molar-refractivity contribution in [2.24, 2.45) is 11.8 Å². The Morgan fingerprint density at radius 1 is 0.800 bits per heavy atom. The molecule has 3 aliphatic heterocycles. The minimum Gasteiger partial charge on any atom is -0.379 e. The van der Waals surface area contributed by atoms with E-state index < -0.39 is 0 Å². The molecule has 0 radical (unpaired) electrons. The van der Waals surface area contributed by atoms with Crippen molar-refractivity contribution in [2.75, 3.05) is 59.0 Å². The van der Waals surface area contributed by atoms with Crippen molar-refractivity contribution >= 4 is 11.9 Å². The summed E-state index contributed by atoms with van der Waals surface area (Å²) in [4.78, 5) is 32.2. The van der Waals surface area contributed by atoms with E-state index in [-0.39, 0.29) is 18.0 Å². The molecule has 1 saturated carbocycles. The number of nitrogens with zero attached hydrogens (tertiary/aromatic N) is 3. The lowest BCUT2D eigenvalue weighted by atomic mass is 9.87. The number of nitrogens with one attached hydrogen (secondary N) is 1. The van der Waals surface area contributed by atoms with Crippen LogP contribution in [0.25, 0.3) is 0 Å². The fraction of sp³-hybridized carbons (Fsp3) is 0.913. The molecule has 1 unspecified atom stereocenters. The molecule has 0 aromatic rings. The Kier molecular flexibility index (Phi) is 7.88. The summed E-state index contributed by atoms with van der Waals surface area (Å²) in [6.45, 7) is 8.08. The number of piperidine rings is 2. The first kappa shape index (κ1) is 21.9. The summed E-state index contributed by atoms with van der Waals surface area (Å²) >= 11 is 0. The van der Waals surface area contributed by atoms with E-state index in [1.807, 2.05) is 4.90 Å². The fourth-order valence-corrected chi connectivity index (χ4v) is 5.67. The van der Waals surface area contributed by atoms with Gasteiger partial charge in [-0.1, -0.05) is 19.3 Å². The van der Waals surface area contributed by atoms with E-state index in [9.17, 15) is 9.59 Å². The second-order valence-electron chi connectivity index (χ2n) is 9.75. The number of hydrogen-bond donors (Lipinski definition) is 1. The van der Waals surface area contributed by atoms with Gasteiger partial charge in [0.25, 0.3) is 0 Å². The zero-order valence-corrected chi connectivity index (χ0v) is 18.5. The molecule has 0 aromatic heterocycles. The molecule has 0 aromatic carbocycles. The smallest absolute Gasteiger partial charge is 0.317 e. The Morgan fingerprint density at radius 3 is 2.27 bits per heavy atom. The molecule has 170 valence electrons. The van der Waals surface area contributed by atoms with Crippen LogP contribution in [-0.4, -0.2) is 91.7 Å².